The zero-order valence-corrected chi connectivity index (χ0v) is 26.4. The summed E-state index contributed by atoms with van der Waals surface area (Å²) in [6.45, 7) is -3.72. The molecule has 12 aliphatic rings. The van der Waals surface area contributed by atoms with Gasteiger partial charge in [0.15, 0.2) is 0 Å². The van der Waals surface area contributed by atoms with Crippen LogP contribution in [0, 0.1) is 11.8 Å². The zero-order chi connectivity index (χ0) is 25.2. The molecule has 10 saturated heterocycles. The van der Waals surface area contributed by atoms with Crippen molar-refractivity contribution in [2.24, 2.45) is 11.8 Å². The Bertz CT molecular complexity index is 1850. The van der Waals surface area contributed by atoms with Crippen LogP contribution < -0.4 is 10.6 Å². The van der Waals surface area contributed by atoms with E-state index in [1.165, 1.54) is 51.7 Å². The number of fused-ring (bicyclic) bond motifs is 10. The first kappa shape index (κ1) is 20.7. The van der Waals surface area contributed by atoms with Crippen molar-refractivity contribution < 1.29 is 6.51 Å². The molecule has 12 fully saturated rings. The molecule has 2 aromatic rings. The summed E-state index contributed by atoms with van der Waals surface area (Å²) in [5, 5.41) is 3.29. The Morgan fingerprint density at radius 1 is 0.667 bits per heavy atom. The number of hydrogen-bond acceptors (Lipinski definition) is 0. The van der Waals surface area contributed by atoms with Gasteiger partial charge in [0.2, 0.25) is 0 Å². The van der Waals surface area contributed by atoms with Crippen molar-refractivity contribution in [3.63, 3.8) is 0 Å². The van der Waals surface area contributed by atoms with Crippen LogP contribution in [0.3, 0.4) is 0 Å². The summed E-state index contributed by atoms with van der Waals surface area (Å²) >= 11 is 0. The molecule has 14 rings (SSSR count). The van der Waals surface area contributed by atoms with E-state index in [1.807, 2.05) is 0 Å². The average molecular weight is 595 g/mol. The van der Waals surface area contributed by atoms with E-state index in [0.29, 0.717) is 0 Å². The fourth-order valence-electron chi connectivity index (χ4n) is 25.9. The van der Waals surface area contributed by atoms with E-state index >= 15 is 0 Å². The van der Waals surface area contributed by atoms with Crippen LogP contribution in [-0.2, 0) is 6.51 Å². The fraction of sp³-hybridized carbons (Fsp3) is 0.667. The van der Waals surface area contributed by atoms with Crippen molar-refractivity contribution >= 4 is 27.8 Å². The van der Waals surface area contributed by atoms with Crippen molar-refractivity contribution in [3.8, 4) is 0 Å². The van der Waals surface area contributed by atoms with Gasteiger partial charge in [0.1, 0.15) is 0 Å². The molecule has 2 aromatic carbocycles. The van der Waals surface area contributed by atoms with Crippen LogP contribution in [-0.4, -0.2) is 11.8 Å². The third-order valence-electron chi connectivity index (χ3n) is 22.8. The first-order valence-corrected chi connectivity index (χ1v) is 25.2. The second kappa shape index (κ2) is 3.40. The Kier molecular flexibility index (Phi) is 1.80. The van der Waals surface area contributed by atoms with Crippen molar-refractivity contribution in [2.45, 2.75) is 117 Å². The molecule has 0 amide bonds. The Hall–Kier alpha value is -0.181. The molecular formula is C36H44FeP2. The molecule has 0 bridgehead atoms. The van der Waals surface area contributed by atoms with E-state index in [9.17, 15) is 0 Å². The average Bonchev–Trinajstić information content (AvgIpc) is 3.96. The Morgan fingerprint density at radius 2 is 1.15 bits per heavy atom. The van der Waals surface area contributed by atoms with Crippen LogP contribution in [0.25, 0.3) is 0 Å². The summed E-state index contributed by atoms with van der Waals surface area (Å²) in [5.41, 5.74) is 0.926. The second-order valence-electron chi connectivity index (χ2n) is 18.5. The van der Waals surface area contributed by atoms with Crippen molar-refractivity contribution in [1.82, 2.24) is 0 Å². The summed E-state index contributed by atoms with van der Waals surface area (Å²) in [4.78, 5) is 9.94. The predicted molar refractivity (Wildman–Crippen MR) is 165 cm³/mol. The van der Waals surface area contributed by atoms with E-state index in [-0.39, 0.29) is 7.92 Å². The van der Waals surface area contributed by atoms with Gasteiger partial charge in [0.05, 0.1) is 0 Å². The van der Waals surface area contributed by atoms with Gasteiger partial charge in [0, 0.05) is 0 Å². The van der Waals surface area contributed by atoms with Crippen LogP contribution in [0.1, 0.15) is 64.2 Å². The topological polar surface area (TPSA) is 0 Å². The van der Waals surface area contributed by atoms with Crippen LogP contribution in [0.4, 0.5) is 0 Å². The summed E-state index contributed by atoms with van der Waals surface area (Å²) in [6, 6.07) is 23.7. The van der Waals surface area contributed by atoms with Gasteiger partial charge in [-0.2, -0.15) is 0 Å². The van der Waals surface area contributed by atoms with Gasteiger partial charge < -0.3 is 0 Å². The van der Waals surface area contributed by atoms with Crippen molar-refractivity contribution in [2.75, 3.05) is 6.16 Å². The third-order valence-corrected chi connectivity index (χ3v) is 71.3. The predicted octanol–water partition coefficient (Wildman–Crippen LogP) is 10.0. The quantitative estimate of drug-likeness (QED) is 0.221. The maximum atomic E-state index is 3.78. The molecule has 1 spiro atoms. The standard InChI is InChI=1S/C31H39P2.C5H5.Fe/c32-30(23-33(26-17-9-3-10-18-26)27-19-11-4-12-20-27)29-22-21-28(24-13-5-1-6-14-24)31(29)25-15-7-2-8-16-25;1-2-4-5-3-1;/h3-4,9-12,17-22,24-25,30H,1-2,5-8,13-16,23,32H2;1-5H;. The molecule has 206 valence electrons. The Morgan fingerprint density at radius 3 is 1.64 bits per heavy atom. The second-order valence-corrected chi connectivity index (χ2v) is 44.6. The van der Waals surface area contributed by atoms with Gasteiger partial charge >= 0.3 is 229 Å². The summed E-state index contributed by atoms with van der Waals surface area (Å²) in [6.07, 6.45) is 17.6. The summed E-state index contributed by atoms with van der Waals surface area (Å²) < 4.78 is 3.00. The molecule has 0 radical (unpaired) electrons. The van der Waals surface area contributed by atoms with E-state index in [0.717, 1.165) is 18.6 Å². The molecule has 10 heterocycles. The van der Waals surface area contributed by atoms with E-state index in [4.69, 9.17) is 0 Å². The first-order valence-electron chi connectivity index (χ1n) is 16.9. The number of rotatable bonds is 7. The number of hydrogen-bond donors (Lipinski definition) is 0. The minimum atomic E-state index is -3.72. The first-order chi connectivity index (χ1) is 19.0. The Labute approximate surface area is 228 Å². The van der Waals surface area contributed by atoms with Gasteiger partial charge in [-0.25, -0.2) is 0 Å². The van der Waals surface area contributed by atoms with E-state index in [2.05, 4.69) is 69.9 Å². The Balaban J connectivity index is 1.01. The van der Waals surface area contributed by atoms with Gasteiger partial charge in [-0.3, -0.25) is 0 Å². The zero-order valence-electron chi connectivity index (χ0n) is 23.2. The summed E-state index contributed by atoms with van der Waals surface area (Å²) in [5.74, 6) is 2.41. The molecule has 3 heteroatoms. The van der Waals surface area contributed by atoms with Gasteiger partial charge in [-0.05, 0) is 0 Å². The van der Waals surface area contributed by atoms with Crippen molar-refractivity contribution in [3.05, 3.63) is 60.7 Å². The molecule has 0 N–H and O–H groups in total. The maximum absolute atomic E-state index is 3.78. The monoisotopic (exact) mass is 594 g/mol. The molecule has 7 atom stereocenters. The molecule has 7 unspecified atom stereocenters. The molecule has 0 aromatic heterocycles. The molecule has 2 aliphatic carbocycles. The molecule has 39 heavy (non-hydrogen) atoms. The van der Waals surface area contributed by atoms with E-state index < -0.39 is 6.51 Å². The van der Waals surface area contributed by atoms with Crippen molar-refractivity contribution in [1.29, 1.82) is 0 Å². The van der Waals surface area contributed by atoms with Gasteiger partial charge in [0.25, 0.3) is 0 Å². The van der Waals surface area contributed by atoms with E-state index in [1.54, 1.807) is 74.8 Å². The molecule has 0 nitrogen and oxygen atoms in total. The molecule has 2 saturated carbocycles. The minimum absolute atomic E-state index is 0.275. The third kappa shape index (κ3) is 0.529. The van der Waals surface area contributed by atoms with Crippen LogP contribution >= 0.6 is 17.2 Å². The van der Waals surface area contributed by atoms with Crippen LogP contribution in [0.2, 0.25) is 46.7 Å². The molecule has 10 aliphatic heterocycles. The van der Waals surface area contributed by atoms with Gasteiger partial charge in [-0.1, -0.05) is 0 Å². The molecular weight excluding hydrogens is 550 g/mol. The number of benzene rings is 2. The van der Waals surface area contributed by atoms with Gasteiger partial charge in [-0.15, -0.1) is 0 Å². The van der Waals surface area contributed by atoms with Crippen LogP contribution in [0.15, 0.2) is 60.7 Å². The fourth-order valence-corrected chi connectivity index (χ4v) is 114. The van der Waals surface area contributed by atoms with Crippen LogP contribution in [0.5, 0.6) is 0 Å². The summed E-state index contributed by atoms with van der Waals surface area (Å²) in [7, 11) is 3.50. The normalized spacial score (nSPS) is 69.0. The SMILES string of the molecule is PC(CP(c1ccccc1)c1ccccc1)[C]12[CH]3[CH]4[C]5(C6CCCCC6)[C]1(C1CCCCC1)[Fe]34251678[CH]2[CH]1[CH]6[CH]7[CH]28.